The van der Waals surface area contributed by atoms with Gasteiger partial charge in [0.05, 0.1) is 13.2 Å². The summed E-state index contributed by atoms with van der Waals surface area (Å²) >= 11 is 3.28. The summed E-state index contributed by atoms with van der Waals surface area (Å²) in [4.78, 5) is 29.1. The van der Waals surface area contributed by atoms with E-state index in [1.54, 1.807) is 23.2 Å². The van der Waals surface area contributed by atoms with E-state index >= 15 is 0 Å². The highest BCUT2D eigenvalue weighted by molar-refractivity contribution is 9.10. The zero-order chi connectivity index (χ0) is 14.4. The molecule has 1 N–H and O–H groups in total. The van der Waals surface area contributed by atoms with Crippen molar-refractivity contribution >= 4 is 33.6 Å². The lowest BCUT2D eigenvalue weighted by atomic mass is 10.3. The van der Waals surface area contributed by atoms with Gasteiger partial charge in [-0.25, -0.2) is 4.98 Å². The molecule has 1 aromatic rings. The fourth-order valence-electron chi connectivity index (χ4n) is 1.68. The molecule has 1 fully saturated rings. The van der Waals surface area contributed by atoms with Crippen molar-refractivity contribution < 1.29 is 14.3 Å². The Hall–Kier alpha value is -1.73. The number of rotatable bonds is 3. The Morgan fingerprint density at radius 3 is 2.80 bits per heavy atom. The first-order chi connectivity index (χ1) is 9.65. The molecule has 2 heterocycles. The maximum Gasteiger partial charge on any atom is 0.249 e. The Balaban J connectivity index is 1.87. The number of hydrogen-bond acceptors (Lipinski definition) is 4. The van der Waals surface area contributed by atoms with Gasteiger partial charge in [-0.15, -0.1) is 0 Å². The average molecular weight is 340 g/mol. The molecule has 0 bridgehead atoms. The summed E-state index contributed by atoms with van der Waals surface area (Å²) in [5, 5.41) is 2.58. The van der Waals surface area contributed by atoms with Gasteiger partial charge in [0, 0.05) is 35.9 Å². The fourth-order valence-corrected chi connectivity index (χ4v) is 2.01. The molecule has 0 radical (unpaired) electrons. The number of halogens is 1. The molecule has 1 aliphatic heterocycles. The van der Waals surface area contributed by atoms with E-state index in [0.29, 0.717) is 32.1 Å². The Bertz CT molecular complexity index is 527. The second-order valence-electron chi connectivity index (χ2n) is 4.12. The van der Waals surface area contributed by atoms with Gasteiger partial charge in [-0.3, -0.25) is 9.59 Å². The van der Waals surface area contributed by atoms with E-state index in [-0.39, 0.29) is 5.91 Å². The number of carbonyl (C=O) groups excluding carboxylic acids is 2. The third kappa shape index (κ3) is 4.43. The molecule has 20 heavy (non-hydrogen) atoms. The molecular weight excluding hydrogens is 326 g/mol. The van der Waals surface area contributed by atoms with Crippen molar-refractivity contribution in [1.82, 2.24) is 9.88 Å². The van der Waals surface area contributed by atoms with E-state index in [1.807, 2.05) is 0 Å². The van der Waals surface area contributed by atoms with E-state index in [4.69, 9.17) is 4.74 Å². The van der Waals surface area contributed by atoms with Crippen LogP contribution >= 0.6 is 15.9 Å². The zero-order valence-corrected chi connectivity index (χ0v) is 12.3. The molecule has 1 aliphatic rings. The second kappa shape index (κ2) is 7.16. The standard InChI is InChI=1S/C13H14BrN3O3/c14-10-3-4-15-11(9-10)16-12(18)1-2-13(19)17-5-7-20-8-6-17/h1-4,9H,5-8H2,(H,15,16,18). The van der Waals surface area contributed by atoms with E-state index < -0.39 is 5.91 Å². The van der Waals surface area contributed by atoms with Crippen LogP contribution in [0.5, 0.6) is 0 Å². The number of pyridine rings is 1. The number of amides is 2. The van der Waals surface area contributed by atoms with Crippen molar-refractivity contribution in [2.45, 2.75) is 0 Å². The number of nitrogens with zero attached hydrogens (tertiary/aromatic N) is 2. The zero-order valence-electron chi connectivity index (χ0n) is 10.7. The van der Waals surface area contributed by atoms with Crippen molar-refractivity contribution in [2.75, 3.05) is 31.6 Å². The summed E-state index contributed by atoms with van der Waals surface area (Å²) < 4.78 is 5.97. The molecular formula is C13H14BrN3O3. The van der Waals surface area contributed by atoms with Crippen LogP contribution in [0.1, 0.15) is 0 Å². The minimum Gasteiger partial charge on any atom is -0.378 e. The molecule has 0 aliphatic carbocycles. The molecule has 2 amide bonds. The van der Waals surface area contributed by atoms with Crippen molar-refractivity contribution in [1.29, 1.82) is 0 Å². The van der Waals surface area contributed by atoms with Crippen LogP contribution < -0.4 is 5.32 Å². The molecule has 0 atom stereocenters. The average Bonchev–Trinajstić information content (AvgIpc) is 2.46. The minimum absolute atomic E-state index is 0.189. The summed E-state index contributed by atoms with van der Waals surface area (Å²) in [6.45, 7) is 2.18. The normalized spacial score (nSPS) is 15.3. The lowest BCUT2D eigenvalue weighted by Gasteiger charge is -2.25. The van der Waals surface area contributed by atoms with Gasteiger partial charge in [0.2, 0.25) is 11.8 Å². The monoisotopic (exact) mass is 339 g/mol. The van der Waals surface area contributed by atoms with Crippen molar-refractivity contribution in [3.05, 3.63) is 35.0 Å². The first-order valence-electron chi connectivity index (χ1n) is 6.12. The molecule has 1 saturated heterocycles. The predicted octanol–water partition coefficient (Wildman–Crippen LogP) is 1.20. The third-order valence-electron chi connectivity index (χ3n) is 2.67. The van der Waals surface area contributed by atoms with Gasteiger partial charge in [-0.2, -0.15) is 0 Å². The maximum absolute atomic E-state index is 11.8. The first-order valence-corrected chi connectivity index (χ1v) is 6.92. The molecule has 0 spiro atoms. The highest BCUT2D eigenvalue weighted by Crippen LogP contribution is 2.12. The van der Waals surface area contributed by atoms with E-state index in [2.05, 4.69) is 26.2 Å². The lowest BCUT2D eigenvalue weighted by molar-refractivity contribution is -0.130. The van der Waals surface area contributed by atoms with Gasteiger partial charge in [-0.05, 0) is 12.1 Å². The highest BCUT2D eigenvalue weighted by Gasteiger charge is 2.14. The van der Waals surface area contributed by atoms with Gasteiger partial charge >= 0.3 is 0 Å². The van der Waals surface area contributed by atoms with Crippen molar-refractivity contribution in [3.8, 4) is 0 Å². The van der Waals surface area contributed by atoms with Crippen molar-refractivity contribution in [2.24, 2.45) is 0 Å². The van der Waals surface area contributed by atoms with Gasteiger partial charge in [0.15, 0.2) is 0 Å². The number of ether oxygens (including phenoxy) is 1. The largest absolute Gasteiger partial charge is 0.378 e. The van der Waals surface area contributed by atoms with E-state index in [0.717, 1.165) is 4.47 Å². The molecule has 1 aromatic heterocycles. The Kier molecular flexibility index (Phi) is 5.25. The number of carbonyl (C=O) groups is 2. The summed E-state index contributed by atoms with van der Waals surface area (Å²) in [5.74, 6) is -0.157. The second-order valence-corrected chi connectivity index (χ2v) is 5.04. The Morgan fingerprint density at radius 1 is 1.35 bits per heavy atom. The number of morpholine rings is 1. The van der Waals surface area contributed by atoms with Gasteiger partial charge in [-0.1, -0.05) is 15.9 Å². The van der Waals surface area contributed by atoms with Crippen molar-refractivity contribution in [3.63, 3.8) is 0 Å². The molecule has 2 rings (SSSR count). The highest BCUT2D eigenvalue weighted by atomic mass is 79.9. The van der Waals surface area contributed by atoms with Gasteiger partial charge < -0.3 is 15.0 Å². The quantitative estimate of drug-likeness (QED) is 0.840. The third-order valence-corrected chi connectivity index (χ3v) is 3.17. The molecule has 0 saturated carbocycles. The molecule has 0 unspecified atom stereocenters. The summed E-state index contributed by atoms with van der Waals surface area (Å²) in [7, 11) is 0. The molecule has 6 nitrogen and oxygen atoms in total. The molecule has 7 heteroatoms. The van der Waals surface area contributed by atoms with Gasteiger partial charge in [0.25, 0.3) is 0 Å². The summed E-state index contributed by atoms with van der Waals surface area (Å²) in [5.41, 5.74) is 0. The SMILES string of the molecule is O=C(C=CC(=O)N1CCOCC1)Nc1cc(Br)ccn1. The summed E-state index contributed by atoms with van der Waals surface area (Å²) in [6, 6.07) is 3.43. The van der Waals surface area contributed by atoms with Crippen LogP contribution in [-0.2, 0) is 14.3 Å². The van der Waals surface area contributed by atoms with E-state index in [9.17, 15) is 9.59 Å². The smallest absolute Gasteiger partial charge is 0.249 e. The van der Waals surface area contributed by atoms with Crippen LogP contribution in [0, 0.1) is 0 Å². The van der Waals surface area contributed by atoms with Crippen LogP contribution in [-0.4, -0.2) is 48.0 Å². The van der Waals surface area contributed by atoms with Crippen LogP contribution in [0.4, 0.5) is 5.82 Å². The van der Waals surface area contributed by atoms with Crippen LogP contribution in [0.3, 0.4) is 0 Å². The topological polar surface area (TPSA) is 71.5 Å². The van der Waals surface area contributed by atoms with Crippen LogP contribution in [0.15, 0.2) is 35.0 Å². The molecule has 106 valence electrons. The maximum atomic E-state index is 11.8. The van der Waals surface area contributed by atoms with Crippen LogP contribution in [0.25, 0.3) is 0 Å². The number of aromatic nitrogens is 1. The Labute approximate surface area is 124 Å². The lowest BCUT2D eigenvalue weighted by Crippen LogP contribution is -2.39. The van der Waals surface area contributed by atoms with Crippen LogP contribution in [0.2, 0.25) is 0 Å². The predicted molar refractivity (Wildman–Crippen MR) is 77.1 cm³/mol. The summed E-state index contributed by atoms with van der Waals surface area (Å²) in [6.07, 6.45) is 4.04. The number of nitrogens with one attached hydrogen (secondary N) is 1. The van der Waals surface area contributed by atoms with Gasteiger partial charge in [0.1, 0.15) is 5.82 Å². The number of hydrogen-bond donors (Lipinski definition) is 1. The Morgan fingerprint density at radius 2 is 2.10 bits per heavy atom. The first kappa shape index (κ1) is 14.7. The molecule has 0 aromatic carbocycles. The van der Waals surface area contributed by atoms with E-state index in [1.165, 1.54) is 12.2 Å². The fraction of sp³-hybridized carbons (Fsp3) is 0.308. The number of anilines is 1. The minimum atomic E-state index is -0.391.